The fourth-order valence-electron chi connectivity index (χ4n) is 6.55. The van der Waals surface area contributed by atoms with Crippen LogP contribution in [0.1, 0.15) is 194 Å². The predicted molar refractivity (Wildman–Crippen MR) is 244 cm³/mol. The van der Waals surface area contributed by atoms with Gasteiger partial charge in [-0.25, -0.2) is 20.1 Å². The Hall–Kier alpha value is -2.28. The molecule has 0 unspecified atom stereocenters. The first-order chi connectivity index (χ1) is 26.3. The summed E-state index contributed by atoms with van der Waals surface area (Å²) in [5, 5.41) is 23.7. The molecule has 4 aromatic rings. The molecule has 0 amide bonds. The molecule has 0 atom stereocenters. The summed E-state index contributed by atoms with van der Waals surface area (Å²) in [6, 6.07) is 21.2. The second kappa shape index (κ2) is 21.8. The van der Waals surface area contributed by atoms with Crippen molar-refractivity contribution < 1.29 is 31.3 Å². The van der Waals surface area contributed by atoms with Crippen LogP contribution in [0, 0.1) is 0 Å². The van der Waals surface area contributed by atoms with Crippen LogP contribution in [0.15, 0.2) is 60.7 Å². The van der Waals surface area contributed by atoms with Crippen molar-refractivity contribution in [3.8, 4) is 22.5 Å². The fraction of sp³-hybridized carbons (Fsp3) is 0.542. The number of pyridine rings is 2. The van der Waals surface area contributed by atoms with Gasteiger partial charge in [0.15, 0.2) is 11.6 Å². The number of nitrogens with zero attached hydrogens (tertiary/aromatic N) is 4. The molecule has 314 valence electrons. The zero-order valence-corrected chi connectivity index (χ0v) is 42.1. The average Bonchev–Trinajstić information content (AvgIpc) is 3.12. The zero-order chi connectivity index (χ0) is 43.7. The number of anilines is 2. The molecule has 57 heavy (non-hydrogen) atoms. The standard InChI is InChI=1S/2C24H36N2O.2ClH.Zr/c2*1-15(2)18-13-19(16(3)4)23(20(14-18)17(5)6)21-11-10-12-22(25-21)26(27)24(7,8)9;;;/h2*10-17,27H,1-9H3;2*1H;/q;;;;+2/p-2. The second-order valence-corrected chi connectivity index (χ2v) is 22.6. The van der Waals surface area contributed by atoms with Crippen molar-refractivity contribution in [1.29, 1.82) is 0 Å². The SMILES string of the molecule is CC(C)c1cc(C(C)C)c(-c2cccc(N(O)C(C)(C)C)n2)c(C(C)C)c1.CC(C)c1cc(C(C)C)c(-c2cccc(N(O)C(C)(C)C)n2)c(C(C)C)c1.[Cl][Zr][Cl]. The van der Waals surface area contributed by atoms with Crippen LogP contribution in [-0.2, 0) is 20.8 Å². The molecule has 0 aliphatic rings. The van der Waals surface area contributed by atoms with Crippen molar-refractivity contribution in [1.82, 2.24) is 9.97 Å². The van der Waals surface area contributed by atoms with Crippen molar-refractivity contribution >= 4 is 28.7 Å². The minimum atomic E-state index is -0.826. The molecular formula is C48H72Cl2N4O2Zr. The first-order valence-electron chi connectivity index (χ1n) is 20.5. The summed E-state index contributed by atoms with van der Waals surface area (Å²) in [5.41, 5.74) is 11.5. The maximum atomic E-state index is 10.6. The van der Waals surface area contributed by atoms with Crippen molar-refractivity contribution in [2.75, 3.05) is 10.1 Å². The molecule has 0 fully saturated rings. The van der Waals surface area contributed by atoms with Gasteiger partial charge in [0.25, 0.3) is 0 Å². The van der Waals surface area contributed by atoms with E-state index in [1.807, 2.05) is 65.8 Å². The molecule has 4 rings (SSSR count). The molecule has 0 aliphatic heterocycles. The third-order valence-electron chi connectivity index (χ3n) is 9.95. The number of halogens is 2. The molecular weight excluding hydrogens is 827 g/mol. The van der Waals surface area contributed by atoms with Crippen molar-refractivity contribution in [3.05, 3.63) is 94.0 Å². The van der Waals surface area contributed by atoms with Gasteiger partial charge >= 0.3 is 37.9 Å². The molecule has 0 bridgehead atoms. The Morgan fingerprint density at radius 3 is 0.912 bits per heavy atom. The Balaban J connectivity index is 0.000000368. The van der Waals surface area contributed by atoms with Gasteiger partial charge in [0, 0.05) is 11.1 Å². The first kappa shape index (κ1) is 50.9. The van der Waals surface area contributed by atoms with Gasteiger partial charge in [0.1, 0.15) is 0 Å². The van der Waals surface area contributed by atoms with E-state index in [1.165, 1.54) is 54.6 Å². The zero-order valence-electron chi connectivity index (χ0n) is 38.2. The number of rotatable bonds is 10. The molecule has 0 radical (unpaired) electrons. The molecule has 9 heteroatoms. The summed E-state index contributed by atoms with van der Waals surface area (Å²) in [7, 11) is 9.87. The van der Waals surface area contributed by atoms with Gasteiger partial charge in [0.2, 0.25) is 0 Å². The molecule has 2 N–H and O–H groups in total. The van der Waals surface area contributed by atoms with Crippen molar-refractivity contribution in [2.45, 2.75) is 171 Å². The third kappa shape index (κ3) is 13.9. The topological polar surface area (TPSA) is 72.7 Å². The molecule has 2 aromatic heterocycles. The van der Waals surface area contributed by atoms with E-state index in [2.05, 4.69) is 119 Å². The number of benzene rings is 2. The molecule has 0 saturated carbocycles. The third-order valence-corrected chi connectivity index (χ3v) is 9.95. The quantitative estimate of drug-likeness (QED) is 0.155. The summed E-state index contributed by atoms with van der Waals surface area (Å²) in [5.74, 6) is 3.73. The Morgan fingerprint density at radius 1 is 0.474 bits per heavy atom. The van der Waals surface area contributed by atoms with Gasteiger partial charge in [-0.3, -0.25) is 10.4 Å². The molecule has 6 nitrogen and oxygen atoms in total. The van der Waals surface area contributed by atoms with E-state index < -0.39 is 31.9 Å². The average molecular weight is 899 g/mol. The van der Waals surface area contributed by atoms with E-state index in [-0.39, 0.29) is 0 Å². The van der Waals surface area contributed by atoms with Crippen LogP contribution in [0.3, 0.4) is 0 Å². The van der Waals surface area contributed by atoms with Gasteiger partial charge < -0.3 is 0 Å². The van der Waals surface area contributed by atoms with Gasteiger partial charge in [0.05, 0.1) is 22.5 Å². The number of hydrogen-bond donors (Lipinski definition) is 2. The normalized spacial score (nSPS) is 11.9. The monoisotopic (exact) mass is 896 g/mol. The van der Waals surface area contributed by atoms with Crippen molar-refractivity contribution in [3.63, 3.8) is 0 Å². The Bertz CT molecular complexity index is 1680. The molecule has 2 aromatic carbocycles. The molecule has 0 spiro atoms. The van der Waals surface area contributed by atoms with Crippen LogP contribution < -0.4 is 10.1 Å². The van der Waals surface area contributed by atoms with Gasteiger partial charge in [-0.15, -0.1) is 0 Å². The van der Waals surface area contributed by atoms with Crippen LogP contribution in [0.2, 0.25) is 0 Å². The van der Waals surface area contributed by atoms with Crippen LogP contribution in [-0.4, -0.2) is 31.5 Å². The predicted octanol–water partition coefficient (Wildman–Crippen LogP) is 15.6. The van der Waals surface area contributed by atoms with E-state index in [0.717, 1.165) is 11.4 Å². The van der Waals surface area contributed by atoms with Gasteiger partial charge in [-0.1, -0.05) is 119 Å². The first-order valence-corrected chi connectivity index (χ1v) is 26.9. The maximum absolute atomic E-state index is 10.6. The van der Waals surface area contributed by atoms with Crippen molar-refractivity contribution in [2.24, 2.45) is 0 Å². The molecule has 2 heterocycles. The van der Waals surface area contributed by atoms with Gasteiger partial charge in [-0.05, 0) is 135 Å². The van der Waals surface area contributed by atoms with E-state index in [1.54, 1.807) is 0 Å². The fourth-order valence-corrected chi connectivity index (χ4v) is 6.55. The summed E-state index contributed by atoms with van der Waals surface area (Å²) < 4.78 is 0. The second-order valence-electron chi connectivity index (χ2n) is 18.9. The van der Waals surface area contributed by atoms with Gasteiger partial charge in [-0.2, -0.15) is 0 Å². The van der Waals surface area contributed by atoms with Crippen LogP contribution in [0.25, 0.3) is 22.5 Å². The summed E-state index contributed by atoms with van der Waals surface area (Å²) in [4.78, 5) is 9.69. The van der Waals surface area contributed by atoms with E-state index in [9.17, 15) is 10.4 Å². The number of hydroxylamine groups is 2. The molecule has 0 aliphatic carbocycles. The van der Waals surface area contributed by atoms with E-state index in [4.69, 9.17) is 27.0 Å². The van der Waals surface area contributed by atoms with E-state index in [0.29, 0.717) is 47.1 Å². The molecule has 0 saturated heterocycles. The Kier molecular flexibility index (Phi) is 19.5. The summed E-state index contributed by atoms with van der Waals surface area (Å²) in [6.07, 6.45) is 0. The van der Waals surface area contributed by atoms with Crippen LogP contribution in [0.5, 0.6) is 0 Å². The minimum absolute atomic E-state index is 0.398. The summed E-state index contributed by atoms with van der Waals surface area (Å²) in [6.45, 7) is 38.7. The Labute approximate surface area is 365 Å². The Morgan fingerprint density at radius 2 is 0.719 bits per heavy atom. The summed E-state index contributed by atoms with van der Waals surface area (Å²) >= 11 is -0.826. The number of aromatic nitrogens is 2. The van der Waals surface area contributed by atoms with Crippen LogP contribution in [0.4, 0.5) is 11.6 Å². The number of hydrogen-bond acceptors (Lipinski definition) is 6. The van der Waals surface area contributed by atoms with E-state index >= 15 is 0 Å². The van der Waals surface area contributed by atoms with Crippen LogP contribution >= 0.6 is 17.0 Å².